The average Bonchev–Trinajstić information content (AvgIpc) is 3.03. The van der Waals surface area contributed by atoms with Gasteiger partial charge in [-0.1, -0.05) is 18.2 Å². The lowest BCUT2D eigenvalue weighted by atomic mass is 9.95. The molecule has 1 saturated heterocycles. The van der Waals surface area contributed by atoms with Gasteiger partial charge in [0.1, 0.15) is 5.75 Å². The Bertz CT molecular complexity index is 842. The van der Waals surface area contributed by atoms with Crippen molar-refractivity contribution >= 4 is 23.4 Å². The van der Waals surface area contributed by atoms with E-state index in [1.54, 1.807) is 18.2 Å². The topological polar surface area (TPSA) is 67.4 Å². The van der Waals surface area contributed by atoms with Crippen LogP contribution in [0.3, 0.4) is 0 Å². The molecule has 2 aromatic carbocycles. The Hall–Kier alpha value is -2.60. The highest BCUT2D eigenvalue weighted by Gasteiger charge is 2.33. The maximum absolute atomic E-state index is 14.5. The lowest BCUT2D eigenvalue weighted by Gasteiger charge is -2.12. The van der Waals surface area contributed by atoms with E-state index in [2.05, 4.69) is 10.6 Å². The molecule has 27 heavy (non-hydrogen) atoms. The highest BCUT2D eigenvalue weighted by Crippen LogP contribution is 2.31. The number of ether oxygens (including phenoxy) is 1. The van der Waals surface area contributed by atoms with E-state index in [4.69, 9.17) is 16.3 Å². The summed E-state index contributed by atoms with van der Waals surface area (Å²) in [5, 5.41) is 5.50. The number of benzene rings is 2. The van der Waals surface area contributed by atoms with E-state index >= 15 is 0 Å². The van der Waals surface area contributed by atoms with Crippen LogP contribution < -0.4 is 15.4 Å². The van der Waals surface area contributed by atoms with Crippen LogP contribution >= 0.6 is 11.6 Å². The van der Waals surface area contributed by atoms with Crippen molar-refractivity contribution in [1.29, 1.82) is 0 Å². The second-order valence-corrected chi connectivity index (χ2v) is 6.77. The molecule has 1 heterocycles. The number of hydrogen-bond acceptors (Lipinski definition) is 3. The third kappa shape index (κ3) is 4.77. The summed E-state index contributed by atoms with van der Waals surface area (Å²) in [6, 6.07) is 11.5. The van der Waals surface area contributed by atoms with Gasteiger partial charge < -0.3 is 15.4 Å². The third-order valence-electron chi connectivity index (χ3n) is 4.44. The molecule has 0 aliphatic carbocycles. The molecule has 0 saturated carbocycles. The number of nitrogens with one attached hydrogen (secondary N) is 2. The summed E-state index contributed by atoms with van der Waals surface area (Å²) in [5.74, 6) is -0.317. The molecule has 2 N–H and O–H groups in total. The Kier molecular flexibility index (Phi) is 5.96. The standard InChI is InChI=1S/C20H20ClFN2O3/c1-12(25)23-11-15-9-17(20(26)24-15)14-4-7-19(18(22)8-14)27-16-5-2-13(10-21)3-6-16/h2-8,15,17H,9-11H2,1H3,(H,23,25)(H,24,26). The first kappa shape index (κ1) is 19.2. The van der Waals surface area contributed by atoms with Crippen molar-refractivity contribution in [2.75, 3.05) is 6.54 Å². The SMILES string of the molecule is CC(=O)NCC1CC(c2ccc(Oc3ccc(CCl)cc3)c(F)c2)C(=O)N1. The predicted octanol–water partition coefficient (Wildman–Crippen LogP) is 3.47. The molecular weight excluding hydrogens is 371 g/mol. The van der Waals surface area contributed by atoms with Gasteiger partial charge in [-0.15, -0.1) is 11.6 Å². The van der Waals surface area contributed by atoms with Crippen molar-refractivity contribution in [3.8, 4) is 11.5 Å². The maximum Gasteiger partial charge on any atom is 0.227 e. The fraction of sp³-hybridized carbons (Fsp3) is 0.300. The van der Waals surface area contributed by atoms with Gasteiger partial charge in [-0.3, -0.25) is 9.59 Å². The van der Waals surface area contributed by atoms with E-state index in [1.807, 2.05) is 12.1 Å². The van der Waals surface area contributed by atoms with Gasteiger partial charge in [0, 0.05) is 25.4 Å². The average molecular weight is 391 g/mol. The van der Waals surface area contributed by atoms with Crippen LogP contribution in [0.2, 0.25) is 0 Å². The Morgan fingerprint density at radius 1 is 1.30 bits per heavy atom. The van der Waals surface area contributed by atoms with Crippen LogP contribution in [-0.4, -0.2) is 24.4 Å². The third-order valence-corrected chi connectivity index (χ3v) is 4.75. The zero-order valence-electron chi connectivity index (χ0n) is 14.8. The molecule has 1 aliphatic rings. The summed E-state index contributed by atoms with van der Waals surface area (Å²) < 4.78 is 20.1. The monoisotopic (exact) mass is 390 g/mol. The molecular formula is C20H20ClFN2O3. The number of halogens is 2. The minimum absolute atomic E-state index is 0.0885. The molecule has 2 unspecified atom stereocenters. The molecule has 1 fully saturated rings. The normalized spacial score (nSPS) is 18.9. The molecule has 2 aromatic rings. The largest absolute Gasteiger partial charge is 0.454 e. The van der Waals surface area contributed by atoms with Crippen LogP contribution in [0.1, 0.15) is 30.4 Å². The van der Waals surface area contributed by atoms with Crippen LogP contribution in [0, 0.1) is 5.82 Å². The van der Waals surface area contributed by atoms with Gasteiger partial charge in [0.2, 0.25) is 11.8 Å². The minimum Gasteiger partial charge on any atom is -0.454 e. The van der Waals surface area contributed by atoms with Crippen LogP contribution in [0.25, 0.3) is 0 Å². The molecule has 2 amide bonds. The van der Waals surface area contributed by atoms with Gasteiger partial charge in [0.15, 0.2) is 11.6 Å². The number of carbonyl (C=O) groups is 2. The van der Waals surface area contributed by atoms with Crippen molar-refractivity contribution < 1.29 is 18.7 Å². The van der Waals surface area contributed by atoms with E-state index in [-0.39, 0.29) is 23.6 Å². The van der Waals surface area contributed by atoms with Crippen molar-refractivity contribution in [2.45, 2.75) is 31.2 Å². The Morgan fingerprint density at radius 3 is 2.67 bits per heavy atom. The summed E-state index contributed by atoms with van der Waals surface area (Å²) >= 11 is 5.75. The van der Waals surface area contributed by atoms with Crippen molar-refractivity contribution in [3.05, 3.63) is 59.4 Å². The van der Waals surface area contributed by atoms with Gasteiger partial charge >= 0.3 is 0 Å². The number of hydrogen-bond donors (Lipinski definition) is 2. The summed E-state index contributed by atoms with van der Waals surface area (Å²) in [6.07, 6.45) is 0.499. The lowest BCUT2D eigenvalue weighted by Crippen LogP contribution is -2.37. The van der Waals surface area contributed by atoms with Crippen LogP contribution in [0.5, 0.6) is 11.5 Å². The molecule has 3 rings (SSSR count). The van der Waals surface area contributed by atoms with Crippen molar-refractivity contribution in [2.24, 2.45) is 0 Å². The van der Waals surface area contributed by atoms with E-state index in [0.717, 1.165) is 5.56 Å². The zero-order valence-corrected chi connectivity index (χ0v) is 15.6. The minimum atomic E-state index is -0.535. The number of alkyl halides is 1. The van der Waals surface area contributed by atoms with Crippen molar-refractivity contribution in [1.82, 2.24) is 10.6 Å². The van der Waals surface area contributed by atoms with Gasteiger partial charge in [-0.25, -0.2) is 4.39 Å². The first-order chi connectivity index (χ1) is 13.0. The molecule has 0 aromatic heterocycles. The molecule has 2 atom stereocenters. The number of rotatable bonds is 6. The van der Waals surface area contributed by atoms with Gasteiger partial charge in [-0.05, 0) is 41.8 Å². The number of amides is 2. The Balaban J connectivity index is 1.68. The molecule has 0 spiro atoms. The second kappa shape index (κ2) is 8.39. The van der Waals surface area contributed by atoms with E-state index < -0.39 is 11.7 Å². The predicted molar refractivity (Wildman–Crippen MR) is 100 cm³/mol. The van der Waals surface area contributed by atoms with Crippen LogP contribution in [-0.2, 0) is 15.5 Å². The molecule has 142 valence electrons. The van der Waals surface area contributed by atoms with E-state index in [9.17, 15) is 14.0 Å². The quantitative estimate of drug-likeness (QED) is 0.742. The Morgan fingerprint density at radius 2 is 2.04 bits per heavy atom. The molecule has 0 radical (unpaired) electrons. The first-order valence-corrected chi connectivity index (χ1v) is 9.16. The van der Waals surface area contributed by atoms with Gasteiger partial charge in [-0.2, -0.15) is 0 Å². The smallest absolute Gasteiger partial charge is 0.227 e. The van der Waals surface area contributed by atoms with Gasteiger partial charge in [0.05, 0.1) is 5.92 Å². The lowest BCUT2D eigenvalue weighted by molar-refractivity contribution is -0.121. The van der Waals surface area contributed by atoms with Crippen molar-refractivity contribution in [3.63, 3.8) is 0 Å². The van der Waals surface area contributed by atoms with E-state index in [1.165, 1.54) is 19.1 Å². The maximum atomic E-state index is 14.5. The molecule has 7 heteroatoms. The molecule has 1 aliphatic heterocycles. The summed E-state index contributed by atoms with van der Waals surface area (Å²) in [4.78, 5) is 23.2. The van der Waals surface area contributed by atoms with Gasteiger partial charge in [0.25, 0.3) is 0 Å². The number of carbonyl (C=O) groups excluding carboxylic acids is 2. The summed E-state index contributed by atoms with van der Waals surface area (Å²) in [6.45, 7) is 1.78. The van der Waals surface area contributed by atoms with E-state index in [0.29, 0.717) is 30.2 Å². The summed E-state index contributed by atoms with van der Waals surface area (Å²) in [7, 11) is 0. The highest BCUT2D eigenvalue weighted by molar-refractivity contribution is 6.17. The molecule has 5 nitrogen and oxygen atoms in total. The van der Waals surface area contributed by atoms with Crippen LogP contribution in [0.15, 0.2) is 42.5 Å². The zero-order chi connectivity index (χ0) is 19.4. The fourth-order valence-electron chi connectivity index (χ4n) is 3.03. The fourth-order valence-corrected chi connectivity index (χ4v) is 3.21. The highest BCUT2D eigenvalue weighted by atomic mass is 35.5. The first-order valence-electron chi connectivity index (χ1n) is 8.63. The second-order valence-electron chi connectivity index (χ2n) is 6.50. The van der Waals surface area contributed by atoms with Crippen LogP contribution in [0.4, 0.5) is 4.39 Å². The summed E-state index contributed by atoms with van der Waals surface area (Å²) in [5.41, 5.74) is 1.53. The Labute approximate surface area is 161 Å². The molecule has 0 bridgehead atoms.